The van der Waals surface area contributed by atoms with Crippen LogP contribution in [0.5, 0.6) is 0 Å². The van der Waals surface area contributed by atoms with E-state index in [1.807, 2.05) is 32.9 Å². The standard InChI is InChI=1S/C20H36Cl3NO5Si/c1-9-10-11-14(24-17(25)26-13-20(21,22)23)16-15(28-19(5,6)29-16)12-27-30(7,8)18(2,3)4/h10-11,14-16H,9,12-13H2,1-8H3,(H,24,25)/b11-10+/t14-,15-,16-/m0/s1. The molecular weight excluding hydrogens is 469 g/mol. The van der Waals surface area contributed by atoms with Crippen molar-refractivity contribution in [2.45, 2.75) is 93.9 Å². The molecule has 0 aromatic heterocycles. The molecule has 1 saturated heterocycles. The summed E-state index contributed by atoms with van der Waals surface area (Å²) in [7, 11) is -1.98. The summed E-state index contributed by atoms with van der Waals surface area (Å²) in [6.07, 6.45) is 3.07. The largest absolute Gasteiger partial charge is 0.445 e. The minimum Gasteiger partial charge on any atom is -0.445 e. The number of nitrogens with one attached hydrogen (secondary N) is 1. The average molecular weight is 505 g/mol. The van der Waals surface area contributed by atoms with Gasteiger partial charge in [0.2, 0.25) is 3.79 Å². The Morgan fingerprint density at radius 1 is 1.23 bits per heavy atom. The monoisotopic (exact) mass is 503 g/mol. The Labute approximate surface area is 197 Å². The number of hydrogen-bond donors (Lipinski definition) is 1. The van der Waals surface area contributed by atoms with Crippen molar-refractivity contribution in [2.75, 3.05) is 13.2 Å². The normalized spacial score (nSPS) is 23.6. The zero-order chi connectivity index (χ0) is 23.4. The van der Waals surface area contributed by atoms with E-state index in [0.29, 0.717) is 6.61 Å². The minimum absolute atomic E-state index is 0.0677. The third-order valence-corrected chi connectivity index (χ3v) is 10.0. The molecular formula is C20H36Cl3NO5Si. The highest BCUT2D eigenvalue weighted by Gasteiger charge is 2.47. The second-order valence-electron chi connectivity index (χ2n) is 9.41. The number of alkyl halides is 3. The topological polar surface area (TPSA) is 66.0 Å². The zero-order valence-corrected chi connectivity index (χ0v) is 22.5. The smallest absolute Gasteiger partial charge is 0.407 e. The van der Waals surface area contributed by atoms with E-state index in [1.165, 1.54) is 0 Å². The van der Waals surface area contributed by atoms with Gasteiger partial charge in [0.1, 0.15) is 18.8 Å². The van der Waals surface area contributed by atoms with E-state index in [-0.39, 0.29) is 17.7 Å². The maximum absolute atomic E-state index is 12.3. The van der Waals surface area contributed by atoms with Crippen LogP contribution in [0.3, 0.4) is 0 Å². The van der Waals surface area contributed by atoms with E-state index in [1.54, 1.807) is 0 Å². The summed E-state index contributed by atoms with van der Waals surface area (Å²) in [5.41, 5.74) is 0. The molecule has 0 bridgehead atoms. The molecule has 0 aliphatic carbocycles. The molecule has 1 aliphatic heterocycles. The highest BCUT2D eigenvalue weighted by atomic mass is 35.6. The van der Waals surface area contributed by atoms with Gasteiger partial charge in [-0.15, -0.1) is 0 Å². The molecule has 6 nitrogen and oxygen atoms in total. The van der Waals surface area contributed by atoms with Gasteiger partial charge in [-0.25, -0.2) is 4.79 Å². The first-order chi connectivity index (χ1) is 13.5. The molecule has 1 N–H and O–H groups in total. The molecule has 1 heterocycles. The Balaban J connectivity index is 2.95. The highest BCUT2D eigenvalue weighted by molar-refractivity contribution is 6.74. The Morgan fingerprint density at radius 3 is 2.33 bits per heavy atom. The fourth-order valence-electron chi connectivity index (χ4n) is 2.65. The first-order valence-electron chi connectivity index (χ1n) is 10.1. The van der Waals surface area contributed by atoms with E-state index < -0.39 is 36.1 Å². The maximum atomic E-state index is 12.3. The summed E-state index contributed by atoms with van der Waals surface area (Å²) < 4.78 is 22.0. The molecule has 0 aromatic rings. The molecule has 0 aromatic carbocycles. The van der Waals surface area contributed by atoms with E-state index in [9.17, 15) is 4.79 Å². The maximum Gasteiger partial charge on any atom is 0.407 e. The third kappa shape index (κ3) is 9.23. The molecule has 1 amide bonds. The van der Waals surface area contributed by atoms with Crippen LogP contribution in [0.4, 0.5) is 4.79 Å². The fraction of sp³-hybridized carbons (Fsp3) is 0.850. The van der Waals surface area contributed by atoms with Gasteiger partial charge in [0, 0.05) is 0 Å². The van der Waals surface area contributed by atoms with Crippen molar-refractivity contribution >= 4 is 49.2 Å². The van der Waals surface area contributed by atoms with Gasteiger partial charge in [-0.05, 0) is 38.4 Å². The van der Waals surface area contributed by atoms with Gasteiger partial charge in [0.25, 0.3) is 0 Å². The summed E-state index contributed by atoms with van der Waals surface area (Å²) in [4.78, 5) is 12.3. The van der Waals surface area contributed by atoms with Crippen LogP contribution in [-0.2, 0) is 18.6 Å². The van der Waals surface area contributed by atoms with Crippen LogP contribution in [0, 0.1) is 0 Å². The molecule has 176 valence electrons. The number of allylic oxidation sites excluding steroid dienone is 1. The minimum atomic E-state index is -1.98. The summed E-state index contributed by atoms with van der Waals surface area (Å²) >= 11 is 17.0. The molecule has 1 aliphatic rings. The van der Waals surface area contributed by atoms with Crippen LogP contribution in [0.1, 0.15) is 48.0 Å². The molecule has 3 atom stereocenters. The van der Waals surface area contributed by atoms with Crippen molar-refractivity contribution in [3.8, 4) is 0 Å². The van der Waals surface area contributed by atoms with Crippen molar-refractivity contribution in [3.05, 3.63) is 12.2 Å². The molecule has 30 heavy (non-hydrogen) atoms. The zero-order valence-electron chi connectivity index (χ0n) is 19.2. The number of rotatable bonds is 8. The van der Waals surface area contributed by atoms with Crippen molar-refractivity contribution in [1.82, 2.24) is 5.32 Å². The third-order valence-electron chi connectivity index (χ3n) is 5.22. The summed E-state index contributed by atoms with van der Waals surface area (Å²) in [5, 5.41) is 2.86. The van der Waals surface area contributed by atoms with Crippen molar-refractivity contribution < 1.29 is 23.4 Å². The second kappa shape index (κ2) is 10.7. The van der Waals surface area contributed by atoms with Crippen LogP contribution in [-0.4, -0.2) is 55.5 Å². The van der Waals surface area contributed by atoms with E-state index in [4.69, 9.17) is 53.4 Å². The highest BCUT2D eigenvalue weighted by Crippen LogP contribution is 2.38. The lowest BCUT2D eigenvalue weighted by atomic mass is 10.1. The van der Waals surface area contributed by atoms with Gasteiger partial charge in [-0.2, -0.15) is 0 Å². The first-order valence-corrected chi connectivity index (χ1v) is 14.2. The second-order valence-corrected chi connectivity index (χ2v) is 16.7. The van der Waals surface area contributed by atoms with Gasteiger partial charge in [0.15, 0.2) is 14.1 Å². The van der Waals surface area contributed by atoms with Gasteiger partial charge in [-0.1, -0.05) is 74.6 Å². The number of hydrogen-bond acceptors (Lipinski definition) is 5. The van der Waals surface area contributed by atoms with Gasteiger partial charge in [0.05, 0.1) is 12.6 Å². The van der Waals surface area contributed by atoms with Crippen LogP contribution in [0.25, 0.3) is 0 Å². The van der Waals surface area contributed by atoms with Crippen molar-refractivity contribution in [1.29, 1.82) is 0 Å². The quantitative estimate of drug-likeness (QED) is 0.251. The SMILES string of the molecule is CC/C=C/[C@H](NC(=O)OCC(Cl)(Cl)Cl)[C@@H]1OC(C)(C)O[C@H]1CO[Si](C)(C)C(C)(C)C. The number of alkyl carbamates (subject to hydrolysis) is 1. The number of halogens is 3. The number of carbonyl (C=O) groups excluding carboxylic acids is 1. The average Bonchev–Trinajstić information content (AvgIpc) is 2.88. The molecule has 0 unspecified atom stereocenters. The first kappa shape index (κ1) is 28.0. The molecule has 0 spiro atoms. The summed E-state index contributed by atoms with van der Waals surface area (Å²) in [6, 6.07) is -0.498. The molecule has 10 heteroatoms. The summed E-state index contributed by atoms with van der Waals surface area (Å²) in [5.74, 6) is -0.812. The molecule has 1 rings (SSSR count). The van der Waals surface area contributed by atoms with Crippen molar-refractivity contribution in [3.63, 3.8) is 0 Å². The molecule has 0 saturated carbocycles. The Bertz CT molecular complexity index is 602. The van der Waals surface area contributed by atoms with E-state index in [2.05, 4.69) is 39.2 Å². The predicted molar refractivity (Wildman–Crippen MR) is 125 cm³/mol. The van der Waals surface area contributed by atoms with Gasteiger partial charge >= 0.3 is 6.09 Å². The number of ether oxygens (including phenoxy) is 3. The van der Waals surface area contributed by atoms with Crippen LogP contribution in [0.2, 0.25) is 18.1 Å². The van der Waals surface area contributed by atoms with Crippen LogP contribution >= 0.6 is 34.8 Å². The number of carbonyl (C=O) groups is 1. The Morgan fingerprint density at radius 2 is 1.83 bits per heavy atom. The fourth-order valence-corrected chi connectivity index (χ4v) is 3.83. The Kier molecular flexibility index (Phi) is 10.0. The van der Waals surface area contributed by atoms with Gasteiger partial charge in [-0.3, -0.25) is 0 Å². The predicted octanol–water partition coefficient (Wildman–Crippen LogP) is 5.96. The Hall–Kier alpha value is -0.0231. The molecule has 1 fully saturated rings. The lowest BCUT2D eigenvalue weighted by Crippen LogP contribution is -2.50. The van der Waals surface area contributed by atoms with E-state index >= 15 is 0 Å². The van der Waals surface area contributed by atoms with Crippen LogP contribution < -0.4 is 5.32 Å². The molecule has 0 radical (unpaired) electrons. The van der Waals surface area contributed by atoms with Crippen LogP contribution in [0.15, 0.2) is 12.2 Å². The van der Waals surface area contributed by atoms with Gasteiger partial charge < -0.3 is 24.0 Å². The lowest BCUT2D eigenvalue weighted by Gasteiger charge is -2.37. The number of amides is 1. The van der Waals surface area contributed by atoms with E-state index in [0.717, 1.165) is 6.42 Å². The lowest BCUT2D eigenvalue weighted by molar-refractivity contribution is -0.149. The van der Waals surface area contributed by atoms with Crippen molar-refractivity contribution in [2.24, 2.45) is 0 Å². The summed E-state index contributed by atoms with van der Waals surface area (Å²) in [6.45, 7) is 16.6.